The van der Waals surface area contributed by atoms with Crippen LogP contribution in [0.25, 0.3) is 11.1 Å². The fourth-order valence-corrected chi connectivity index (χ4v) is 2.95. The number of hydrogen-bond acceptors (Lipinski definition) is 4. The maximum atomic E-state index is 14.1. The molecule has 0 aliphatic rings. The van der Waals surface area contributed by atoms with Crippen molar-refractivity contribution in [1.82, 2.24) is 4.98 Å². The third-order valence-corrected chi connectivity index (χ3v) is 4.27. The molecule has 29 heavy (non-hydrogen) atoms. The zero-order valence-electron chi connectivity index (χ0n) is 15.2. The SMILES string of the molecule is Cl.NC(CC(=O)O)Cc1cc(-c2ccccc2)ccc1Oc1ncc(Cl)cc1F. The second kappa shape index (κ2) is 10.2. The van der Waals surface area contributed by atoms with Crippen molar-refractivity contribution in [2.75, 3.05) is 0 Å². The summed E-state index contributed by atoms with van der Waals surface area (Å²) in [6.45, 7) is 0. The summed E-state index contributed by atoms with van der Waals surface area (Å²) in [5.74, 6) is -1.54. The lowest BCUT2D eigenvalue weighted by Gasteiger charge is -2.16. The van der Waals surface area contributed by atoms with E-state index in [9.17, 15) is 9.18 Å². The summed E-state index contributed by atoms with van der Waals surface area (Å²) in [4.78, 5) is 14.8. The predicted molar refractivity (Wildman–Crippen MR) is 112 cm³/mol. The van der Waals surface area contributed by atoms with Gasteiger partial charge in [0.25, 0.3) is 5.88 Å². The Bertz CT molecular complexity index is 987. The Morgan fingerprint density at radius 3 is 2.55 bits per heavy atom. The predicted octanol–water partition coefficient (Wildman–Crippen LogP) is 5.10. The van der Waals surface area contributed by atoms with Gasteiger partial charge >= 0.3 is 5.97 Å². The van der Waals surface area contributed by atoms with E-state index >= 15 is 0 Å². The van der Waals surface area contributed by atoms with Gasteiger partial charge in [-0.1, -0.05) is 48.0 Å². The molecule has 0 fully saturated rings. The van der Waals surface area contributed by atoms with Gasteiger partial charge < -0.3 is 15.6 Å². The number of rotatable bonds is 7. The Balaban J connectivity index is 0.00000300. The van der Waals surface area contributed by atoms with Gasteiger partial charge in [0.2, 0.25) is 0 Å². The fraction of sp³-hybridized carbons (Fsp3) is 0.143. The summed E-state index contributed by atoms with van der Waals surface area (Å²) in [5.41, 5.74) is 8.52. The van der Waals surface area contributed by atoms with Crippen LogP contribution in [0.4, 0.5) is 4.39 Å². The lowest BCUT2D eigenvalue weighted by molar-refractivity contribution is -0.137. The summed E-state index contributed by atoms with van der Waals surface area (Å²) in [6, 6.07) is 15.6. The molecular formula is C21H19Cl2FN2O3. The molecule has 1 aromatic heterocycles. The van der Waals surface area contributed by atoms with Crippen LogP contribution in [-0.2, 0) is 11.2 Å². The van der Waals surface area contributed by atoms with E-state index in [0.717, 1.165) is 17.2 Å². The summed E-state index contributed by atoms with van der Waals surface area (Å²) in [5, 5.41) is 9.14. The number of aliphatic carboxylic acids is 1. The van der Waals surface area contributed by atoms with Crippen molar-refractivity contribution in [2.24, 2.45) is 5.73 Å². The monoisotopic (exact) mass is 436 g/mol. The van der Waals surface area contributed by atoms with Crippen LogP contribution in [0.2, 0.25) is 5.02 Å². The number of carbonyl (C=O) groups is 1. The van der Waals surface area contributed by atoms with Crippen molar-refractivity contribution in [2.45, 2.75) is 18.9 Å². The number of nitrogens with two attached hydrogens (primary N) is 1. The minimum atomic E-state index is -0.986. The average Bonchev–Trinajstić information content (AvgIpc) is 2.65. The first kappa shape index (κ1) is 22.6. The maximum Gasteiger partial charge on any atom is 0.304 e. The quantitative estimate of drug-likeness (QED) is 0.537. The van der Waals surface area contributed by atoms with E-state index in [1.54, 1.807) is 6.07 Å². The number of carboxylic acid groups (broad SMARTS) is 1. The molecule has 2 aromatic carbocycles. The highest BCUT2D eigenvalue weighted by molar-refractivity contribution is 6.30. The molecule has 0 aliphatic heterocycles. The molecule has 3 N–H and O–H groups in total. The largest absolute Gasteiger partial charge is 0.481 e. The van der Waals surface area contributed by atoms with Crippen LogP contribution < -0.4 is 10.5 Å². The number of ether oxygens (including phenoxy) is 1. The van der Waals surface area contributed by atoms with Gasteiger partial charge in [0.1, 0.15) is 5.75 Å². The number of hydrogen-bond donors (Lipinski definition) is 2. The number of pyridine rings is 1. The molecule has 1 heterocycles. The zero-order chi connectivity index (χ0) is 20.1. The first-order chi connectivity index (χ1) is 13.4. The first-order valence-corrected chi connectivity index (χ1v) is 8.95. The first-order valence-electron chi connectivity index (χ1n) is 8.57. The second-order valence-corrected chi connectivity index (χ2v) is 6.73. The van der Waals surface area contributed by atoms with Gasteiger partial charge in [-0.3, -0.25) is 4.79 Å². The second-order valence-electron chi connectivity index (χ2n) is 6.29. The Labute approximate surface area is 178 Å². The summed E-state index contributed by atoms with van der Waals surface area (Å²) < 4.78 is 19.7. The number of carboxylic acids is 1. The molecule has 0 bridgehead atoms. The van der Waals surface area contributed by atoms with E-state index < -0.39 is 17.8 Å². The number of benzene rings is 2. The minimum Gasteiger partial charge on any atom is -0.481 e. The Kier molecular flexibility index (Phi) is 7.96. The minimum absolute atomic E-state index is 0. The number of halogens is 3. The van der Waals surface area contributed by atoms with Crippen molar-refractivity contribution in [3.05, 3.63) is 77.2 Å². The van der Waals surface area contributed by atoms with Gasteiger partial charge in [-0.2, -0.15) is 0 Å². The molecule has 0 saturated heterocycles. The van der Waals surface area contributed by atoms with E-state index in [-0.39, 0.29) is 36.2 Å². The van der Waals surface area contributed by atoms with Crippen LogP contribution >= 0.6 is 24.0 Å². The molecule has 0 aliphatic carbocycles. The van der Waals surface area contributed by atoms with Crippen LogP contribution in [0.3, 0.4) is 0 Å². The van der Waals surface area contributed by atoms with E-state index in [2.05, 4.69) is 4.98 Å². The molecule has 1 unspecified atom stereocenters. The van der Waals surface area contributed by atoms with Gasteiger partial charge in [-0.25, -0.2) is 9.37 Å². The van der Waals surface area contributed by atoms with Crippen molar-refractivity contribution in [3.63, 3.8) is 0 Å². The van der Waals surface area contributed by atoms with Crippen molar-refractivity contribution < 1.29 is 19.0 Å². The Morgan fingerprint density at radius 1 is 1.17 bits per heavy atom. The van der Waals surface area contributed by atoms with Crippen LogP contribution in [0.1, 0.15) is 12.0 Å². The van der Waals surface area contributed by atoms with Crippen LogP contribution in [0.15, 0.2) is 60.8 Å². The van der Waals surface area contributed by atoms with Gasteiger partial charge in [-0.05, 0) is 41.3 Å². The molecule has 3 aromatic rings. The normalized spacial score (nSPS) is 11.4. The van der Waals surface area contributed by atoms with E-state index in [0.29, 0.717) is 11.3 Å². The van der Waals surface area contributed by atoms with Gasteiger partial charge in [0, 0.05) is 12.2 Å². The average molecular weight is 437 g/mol. The van der Waals surface area contributed by atoms with Gasteiger partial charge in [0.15, 0.2) is 5.82 Å². The molecule has 0 amide bonds. The molecular weight excluding hydrogens is 418 g/mol. The van der Waals surface area contributed by atoms with E-state index in [4.69, 9.17) is 27.2 Å². The van der Waals surface area contributed by atoms with Gasteiger partial charge in [0.05, 0.1) is 11.4 Å². The molecule has 0 radical (unpaired) electrons. The molecule has 8 heteroatoms. The molecule has 0 saturated carbocycles. The molecule has 3 rings (SSSR count). The van der Waals surface area contributed by atoms with Crippen LogP contribution in [-0.4, -0.2) is 22.1 Å². The highest BCUT2D eigenvalue weighted by atomic mass is 35.5. The summed E-state index contributed by atoms with van der Waals surface area (Å²) in [7, 11) is 0. The van der Waals surface area contributed by atoms with Crippen molar-refractivity contribution in [3.8, 4) is 22.8 Å². The highest BCUT2D eigenvalue weighted by Gasteiger charge is 2.16. The van der Waals surface area contributed by atoms with Crippen LogP contribution in [0, 0.1) is 5.82 Å². The molecule has 152 valence electrons. The smallest absolute Gasteiger partial charge is 0.304 e. The highest BCUT2D eigenvalue weighted by Crippen LogP contribution is 2.32. The lowest BCUT2D eigenvalue weighted by atomic mass is 9.97. The molecule has 5 nitrogen and oxygen atoms in total. The van der Waals surface area contributed by atoms with Crippen LogP contribution in [0.5, 0.6) is 11.6 Å². The summed E-state index contributed by atoms with van der Waals surface area (Å²) >= 11 is 5.73. The standard InChI is InChI=1S/C21H18ClFN2O3.ClH/c22-16-10-18(23)21(25-12-16)28-19-7-6-14(13-4-2-1-3-5-13)8-15(19)9-17(24)11-20(26)27;/h1-8,10,12,17H,9,11,24H2,(H,26,27);1H. The summed E-state index contributed by atoms with van der Waals surface area (Å²) in [6.07, 6.45) is 1.34. The lowest BCUT2D eigenvalue weighted by Crippen LogP contribution is -2.26. The third kappa shape index (κ3) is 6.15. The van der Waals surface area contributed by atoms with E-state index in [1.807, 2.05) is 42.5 Å². The molecule has 0 spiro atoms. The Morgan fingerprint density at radius 2 is 1.90 bits per heavy atom. The number of nitrogens with zero attached hydrogens (tertiary/aromatic N) is 1. The Hall–Kier alpha value is -2.67. The topological polar surface area (TPSA) is 85.4 Å². The fourth-order valence-electron chi connectivity index (χ4n) is 2.81. The number of aromatic nitrogens is 1. The van der Waals surface area contributed by atoms with Crippen molar-refractivity contribution in [1.29, 1.82) is 0 Å². The third-order valence-electron chi connectivity index (χ3n) is 4.07. The zero-order valence-corrected chi connectivity index (χ0v) is 16.8. The molecule has 1 atom stereocenters. The van der Waals surface area contributed by atoms with Crippen molar-refractivity contribution >= 4 is 30.0 Å². The van der Waals surface area contributed by atoms with Gasteiger partial charge in [-0.15, -0.1) is 12.4 Å². The van der Waals surface area contributed by atoms with E-state index in [1.165, 1.54) is 6.20 Å². The maximum absolute atomic E-state index is 14.1.